The van der Waals surface area contributed by atoms with Gasteiger partial charge in [0.05, 0.1) is 11.9 Å². The zero-order valence-electron chi connectivity index (χ0n) is 12.7. The predicted octanol–water partition coefficient (Wildman–Crippen LogP) is 3.39. The van der Waals surface area contributed by atoms with Gasteiger partial charge in [0.25, 0.3) is 5.91 Å². The third-order valence-electron chi connectivity index (χ3n) is 4.01. The first-order chi connectivity index (χ1) is 11.7. The Bertz CT molecular complexity index is 911. The van der Waals surface area contributed by atoms with E-state index in [0.717, 1.165) is 23.2 Å². The van der Waals surface area contributed by atoms with Gasteiger partial charge in [-0.2, -0.15) is 0 Å². The van der Waals surface area contributed by atoms with E-state index in [2.05, 4.69) is 15.0 Å². The molecule has 3 heterocycles. The largest absolute Gasteiger partial charge is 0.305 e. The molecular formula is C18H13ClN4O. The van der Waals surface area contributed by atoms with Crippen LogP contribution in [0.25, 0.3) is 11.4 Å². The van der Waals surface area contributed by atoms with Crippen LogP contribution < -0.4 is 4.90 Å². The zero-order valence-corrected chi connectivity index (χ0v) is 13.4. The molecule has 2 aromatic heterocycles. The van der Waals surface area contributed by atoms with Crippen LogP contribution in [0.1, 0.15) is 16.1 Å². The molecule has 1 aliphatic heterocycles. The summed E-state index contributed by atoms with van der Waals surface area (Å²) in [5, 5.41) is 0.646. The van der Waals surface area contributed by atoms with Crippen LogP contribution in [0.2, 0.25) is 5.02 Å². The van der Waals surface area contributed by atoms with Crippen molar-refractivity contribution in [2.24, 2.45) is 0 Å². The van der Waals surface area contributed by atoms with Gasteiger partial charge in [-0.1, -0.05) is 11.6 Å². The zero-order chi connectivity index (χ0) is 16.5. The number of hydrogen-bond acceptors (Lipinski definition) is 4. The predicted molar refractivity (Wildman–Crippen MR) is 92.1 cm³/mol. The fourth-order valence-electron chi connectivity index (χ4n) is 2.79. The molecule has 0 saturated carbocycles. The quantitative estimate of drug-likeness (QED) is 0.719. The van der Waals surface area contributed by atoms with Gasteiger partial charge in [-0.3, -0.25) is 9.78 Å². The summed E-state index contributed by atoms with van der Waals surface area (Å²) >= 11 is 5.91. The van der Waals surface area contributed by atoms with Crippen LogP contribution in [-0.2, 0) is 6.42 Å². The Labute approximate surface area is 144 Å². The number of carbonyl (C=O) groups excluding carboxylic acids is 1. The Hall–Kier alpha value is -2.79. The second kappa shape index (κ2) is 6.02. The van der Waals surface area contributed by atoms with E-state index in [1.54, 1.807) is 41.7 Å². The lowest BCUT2D eigenvalue weighted by Crippen LogP contribution is -2.29. The standard InChI is InChI=1S/C18H13ClN4O/c19-14-3-1-13(2-4-14)17-21-9-6-15(22-17)18(24)23-10-7-12-5-8-20-11-16(12)23/h1-6,8-9,11H,7,10H2. The Kier molecular flexibility index (Phi) is 3.70. The minimum atomic E-state index is -0.139. The highest BCUT2D eigenvalue weighted by molar-refractivity contribution is 6.30. The third-order valence-corrected chi connectivity index (χ3v) is 4.26. The molecule has 6 heteroatoms. The topological polar surface area (TPSA) is 59.0 Å². The lowest BCUT2D eigenvalue weighted by molar-refractivity contribution is 0.0984. The Balaban J connectivity index is 1.67. The molecule has 0 bridgehead atoms. The Morgan fingerprint density at radius 1 is 1.08 bits per heavy atom. The lowest BCUT2D eigenvalue weighted by Gasteiger charge is -2.16. The molecule has 1 amide bonds. The first kappa shape index (κ1) is 14.8. The molecule has 0 spiro atoms. The highest BCUT2D eigenvalue weighted by Crippen LogP contribution is 2.28. The van der Waals surface area contributed by atoms with Crippen LogP contribution in [0.5, 0.6) is 0 Å². The van der Waals surface area contributed by atoms with E-state index in [4.69, 9.17) is 11.6 Å². The average Bonchev–Trinajstić information content (AvgIpc) is 3.06. The molecule has 0 saturated heterocycles. The van der Waals surface area contributed by atoms with Crippen LogP contribution in [-0.4, -0.2) is 27.4 Å². The molecule has 0 N–H and O–H groups in total. The van der Waals surface area contributed by atoms with Gasteiger partial charge in [-0.15, -0.1) is 0 Å². The van der Waals surface area contributed by atoms with Crippen molar-refractivity contribution in [3.63, 3.8) is 0 Å². The van der Waals surface area contributed by atoms with Crippen molar-refractivity contribution in [2.75, 3.05) is 11.4 Å². The lowest BCUT2D eigenvalue weighted by atomic mass is 10.2. The molecule has 1 aromatic carbocycles. The molecular weight excluding hydrogens is 324 g/mol. The first-order valence-electron chi connectivity index (χ1n) is 7.56. The van der Waals surface area contributed by atoms with Gasteiger partial charge in [0.2, 0.25) is 0 Å². The van der Waals surface area contributed by atoms with Crippen LogP contribution >= 0.6 is 11.6 Å². The van der Waals surface area contributed by atoms with Gasteiger partial charge in [0.1, 0.15) is 5.69 Å². The molecule has 0 fully saturated rings. The monoisotopic (exact) mass is 336 g/mol. The summed E-state index contributed by atoms with van der Waals surface area (Å²) in [6, 6.07) is 10.8. The number of amides is 1. The summed E-state index contributed by atoms with van der Waals surface area (Å²) in [4.78, 5) is 27.3. The van der Waals surface area contributed by atoms with Gasteiger partial charge in [-0.05, 0) is 48.4 Å². The second-order valence-corrected chi connectivity index (χ2v) is 5.92. The maximum Gasteiger partial charge on any atom is 0.277 e. The summed E-state index contributed by atoms with van der Waals surface area (Å²) in [6.07, 6.45) is 5.90. The molecule has 0 unspecified atom stereocenters. The minimum Gasteiger partial charge on any atom is -0.305 e. The number of anilines is 1. The highest BCUT2D eigenvalue weighted by atomic mass is 35.5. The molecule has 24 heavy (non-hydrogen) atoms. The number of carbonyl (C=O) groups is 1. The van der Waals surface area contributed by atoms with Crippen molar-refractivity contribution in [1.29, 1.82) is 0 Å². The molecule has 0 aliphatic carbocycles. The molecule has 1 aliphatic rings. The maximum absolute atomic E-state index is 12.8. The number of nitrogens with zero attached hydrogens (tertiary/aromatic N) is 4. The third kappa shape index (κ3) is 2.63. The average molecular weight is 337 g/mol. The molecule has 118 valence electrons. The number of pyridine rings is 1. The fourth-order valence-corrected chi connectivity index (χ4v) is 2.91. The SMILES string of the molecule is O=C(c1ccnc(-c2ccc(Cl)cc2)n1)N1CCc2ccncc21. The van der Waals surface area contributed by atoms with Crippen molar-refractivity contribution in [3.05, 3.63) is 71.3 Å². The number of hydrogen-bond donors (Lipinski definition) is 0. The number of benzene rings is 1. The van der Waals surface area contributed by atoms with Crippen molar-refractivity contribution in [3.8, 4) is 11.4 Å². The van der Waals surface area contributed by atoms with Gasteiger partial charge >= 0.3 is 0 Å². The van der Waals surface area contributed by atoms with E-state index in [0.29, 0.717) is 23.1 Å². The smallest absolute Gasteiger partial charge is 0.277 e. The maximum atomic E-state index is 12.8. The van der Waals surface area contributed by atoms with Crippen molar-refractivity contribution in [2.45, 2.75) is 6.42 Å². The van der Waals surface area contributed by atoms with Crippen LogP contribution in [0.3, 0.4) is 0 Å². The molecule has 5 nitrogen and oxygen atoms in total. The highest BCUT2D eigenvalue weighted by Gasteiger charge is 2.26. The number of fused-ring (bicyclic) bond motifs is 1. The Morgan fingerprint density at radius 2 is 1.92 bits per heavy atom. The summed E-state index contributed by atoms with van der Waals surface area (Å²) in [5.74, 6) is 0.363. The van der Waals surface area contributed by atoms with Crippen LogP contribution in [0.15, 0.2) is 55.0 Å². The normalized spacial score (nSPS) is 13.0. The van der Waals surface area contributed by atoms with Gasteiger partial charge < -0.3 is 4.90 Å². The van der Waals surface area contributed by atoms with Gasteiger partial charge in [-0.25, -0.2) is 9.97 Å². The number of halogens is 1. The van der Waals surface area contributed by atoms with Crippen molar-refractivity contribution in [1.82, 2.24) is 15.0 Å². The number of rotatable bonds is 2. The molecule has 3 aromatic rings. The Morgan fingerprint density at radius 3 is 2.75 bits per heavy atom. The van der Waals surface area contributed by atoms with E-state index in [-0.39, 0.29) is 5.91 Å². The van der Waals surface area contributed by atoms with Crippen LogP contribution in [0, 0.1) is 0 Å². The first-order valence-corrected chi connectivity index (χ1v) is 7.94. The van der Waals surface area contributed by atoms with Gasteiger partial charge in [0.15, 0.2) is 5.82 Å². The summed E-state index contributed by atoms with van der Waals surface area (Å²) < 4.78 is 0. The molecule has 0 atom stereocenters. The van der Waals surface area contributed by atoms with Gasteiger partial charge in [0, 0.05) is 29.5 Å². The molecule has 0 radical (unpaired) electrons. The van der Waals surface area contributed by atoms with Crippen molar-refractivity contribution < 1.29 is 4.79 Å². The van der Waals surface area contributed by atoms with E-state index >= 15 is 0 Å². The fraction of sp³-hybridized carbons (Fsp3) is 0.111. The second-order valence-electron chi connectivity index (χ2n) is 5.48. The van der Waals surface area contributed by atoms with E-state index in [1.165, 1.54) is 0 Å². The number of aromatic nitrogens is 3. The van der Waals surface area contributed by atoms with E-state index < -0.39 is 0 Å². The minimum absolute atomic E-state index is 0.139. The molecule has 4 rings (SSSR count). The van der Waals surface area contributed by atoms with Crippen LogP contribution in [0.4, 0.5) is 5.69 Å². The van der Waals surface area contributed by atoms with E-state index in [9.17, 15) is 4.79 Å². The summed E-state index contributed by atoms with van der Waals surface area (Å²) in [5.41, 5.74) is 3.17. The summed E-state index contributed by atoms with van der Waals surface area (Å²) in [6.45, 7) is 0.639. The van der Waals surface area contributed by atoms with E-state index in [1.807, 2.05) is 18.2 Å². The van der Waals surface area contributed by atoms with Crippen molar-refractivity contribution >= 4 is 23.2 Å². The summed E-state index contributed by atoms with van der Waals surface area (Å²) in [7, 11) is 0.